The van der Waals surface area contributed by atoms with E-state index in [-0.39, 0.29) is 0 Å². The second-order valence-corrected chi connectivity index (χ2v) is 6.26. The Morgan fingerprint density at radius 1 is 1.32 bits per heavy atom. The highest BCUT2D eigenvalue weighted by atomic mass is 35.5. The van der Waals surface area contributed by atoms with Gasteiger partial charge in [0.15, 0.2) is 5.65 Å². The minimum atomic E-state index is 0.403. The molecule has 0 aliphatic rings. The molecule has 3 aromatic rings. The molecule has 0 bridgehead atoms. The van der Waals surface area contributed by atoms with Gasteiger partial charge in [-0.2, -0.15) is 0 Å². The second kappa shape index (κ2) is 4.94. The summed E-state index contributed by atoms with van der Waals surface area (Å²) < 4.78 is 2.10. The van der Waals surface area contributed by atoms with Crippen LogP contribution >= 0.6 is 22.9 Å². The minimum Gasteiger partial charge on any atom is -0.306 e. The number of rotatable bonds is 3. The molecule has 0 unspecified atom stereocenters. The van der Waals surface area contributed by atoms with Crippen molar-refractivity contribution in [3.8, 4) is 0 Å². The number of hydrogen-bond donors (Lipinski definition) is 0. The summed E-state index contributed by atoms with van der Waals surface area (Å²) in [6.07, 6.45) is 1.87. The third kappa shape index (κ3) is 2.38. The monoisotopic (exact) mass is 291 g/mol. The van der Waals surface area contributed by atoms with Crippen molar-refractivity contribution < 1.29 is 0 Å². The van der Waals surface area contributed by atoms with Crippen LogP contribution in [-0.4, -0.2) is 14.5 Å². The fraction of sp³-hybridized carbons (Fsp3) is 0.286. The molecular weight excluding hydrogens is 278 g/mol. The lowest BCUT2D eigenvalue weighted by Crippen LogP contribution is -2.03. The number of aromatic nitrogens is 3. The Bertz CT molecular complexity index is 729. The lowest BCUT2D eigenvalue weighted by Gasteiger charge is -2.05. The van der Waals surface area contributed by atoms with Crippen molar-refractivity contribution in [2.24, 2.45) is 0 Å². The summed E-state index contributed by atoms with van der Waals surface area (Å²) in [5, 5.41) is 0. The summed E-state index contributed by atoms with van der Waals surface area (Å²) in [5.74, 6) is 1.28. The first-order valence-electron chi connectivity index (χ1n) is 6.10. The Kier molecular flexibility index (Phi) is 3.29. The van der Waals surface area contributed by atoms with Gasteiger partial charge < -0.3 is 4.57 Å². The Labute approximate surface area is 120 Å². The molecule has 0 aromatic carbocycles. The number of fused-ring (bicyclic) bond motifs is 1. The zero-order valence-corrected chi connectivity index (χ0v) is 12.4. The van der Waals surface area contributed by atoms with Crippen LogP contribution in [0.15, 0.2) is 24.4 Å². The Morgan fingerprint density at radius 2 is 2.16 bits per heavy atom. The predicted molar refractivity (Wildman–Crippen MR) is 80.0 cm³/mol. The van der Waals surface area contributed by atoms with Gasteiger partial charge in [-0.15, -0.1) is 22.9 Å². The summed E-state index contributed by atoms with van der Waals surface area (Å²) in [4.78, 5) is 11.7. The van der Waals surface area contributed by atoms with Gasteiger partial charge in [-0.05, 0) is 37.6 Å². The van der Waals surface area contributed by atoms with Crippen molar-refractivity contribution in [2.75, 3.05) is 0 Å². The quantitative estimate of drug-likeness (QED) is 0.685. The predicted octanol–water partition coefficient (Wildman–Crippen LogP) is 3.90. The van der Waals surface area contributed by atoms with E-state index in [0.717, 1.165) is 29.1 Å². The van der Waals surface area contributed by atoms with E-state index in [4.69, 9.17) is 11.6 Å². The van der Waals surface area contributed by atoms with Gasteiger partial charge in [0.1, 0.15) is 11.3 Å². The average molecular weight is 292 g/mol. The van der Waals surface area contributed by atoms with Gasteiger partial charge in [0.2, 0.25) is 0 Å². The zero-order valence-electron chi connectivity index (χ0n) is 10.9. The highest BCUT2D eigenvalue weighted by Crippen LogP contribution is 2.22. The standard InChI is InChI=1S/C14H14ClN3S/c1-9-5-12-14(16-7-9)18(13(6-15)17-12)8-11-4-3-10(2)19-11/h3-5,7H,6,8H2,1-2H3. The summed E-state index contributed by atoms with van der Waals surface area (Å²) in [7, 11) is 0. The smallest absolute Gasteiger partial charge is 0.160 e. The van der Waals surface area contributed by atoms with E-state index in [0.29, 0.717) is 5.88 Å². The van der Waals surface area contributed by atoms with Crippen LogP contribution in [0.1, 0.15) is 21.1 Å². The highest BCUT2D eigenvalue weighted by Gasteiger charge is 2.12. The third-order valence-corrected chi connectivity index (χ3v) is 4.25. The topological polar surface area (TPSA) is 30.7 Å². The number of alkyl halides is 1. The maximum absolute atomic E-state index is 6.01. The number of hydrogen-bond acceptors (Lipinski definition) is 3. The van der Waals surface area contributed by atoms with Crippen LogP contribution in [0.5, 0.6) is 0 Å². The van der Waals surface area contributed by atoms with Gasteiger partial charge in [0, 0.05) is 16.0 Å². The van der Waals surface area contributed by atoms with Crippen molar-refractivity contribution in [3.05, 3.63) is 45.5 Å². The van der Waals surface area contributed by atoms with Crippen molar-refractivity contribution in [3.63, 3.8) is 0 Å². The fourth-order valence-corrected chi connectivity index (χ4v) is 3.24. The van der Waals surface area contributed by atoms with E-state index < -0.39 is 0 Å². The van der Waals surface area contributed by atoms with Gasteiger partial charge in [-0.25, -0.2) is 9.97 Å². The summed E-state index contributed by atoms with van der Waals surface area (Å²) >= 11 is 7.80. The highest BCUT2D eigenvalue weighted by molar-refractivity contribution is 7.11. The van der Waals surface area contributed by atoms with Crippen LogP contribution in [0, 0.1) is 13.8 Å². The van der Waals surface area contributed by atoms with E-state index in [1.54, 1.807) is 11.3 Å². The molecule has 3 nitrogen and oxygen atoms in total. The normalized spacial score (nSPS) is 11.3. The average Bonchev–Trinajstić information content (AvgIpc) is 2.94. The van der Waals surface area contributed by atoms with Gasteiger partial charge in [0.05, 0.1) is 12.4 Å². The first kappa shape index (κ1) is 12.6. The van der Waals surface area contributed by atoms with E-state index in [1.165, 1.54) is 9.75 Å². The largest absolute Gasteiger partial charge is 0.306 e. The molecule has 0 N–H and O–H groups in total. The minimum absolute atomic E-state index is 0.403. The van der Waals surface area contributed by atoms with Crippen molar-refractivity contribution >= 4 is 34.1 Å². The third-order valence-electron chi connectivity index (χ3n) is 3.03. The number of nitrogens with zero attached hydrogens (tertiary/aromatic N) is 3. The van der Waals surface area contributed by atoms with Crippen molar-refractivity contribution in [1.29, 1.82) is 0 Å². The van der Waals surface area contributed by atoms with E-state index in [1.807, 2.05) is 13.1 Å². The molecule has 0 spiro atoms. The van der Waals surface area contributed by atoms with Crippen molar-refractivity contribution in [2.45, 2.75) is 26.3 Å². The van der Waals surface area contributed by atoms with Crippen LogP contribution in [0.2, 0.25) is 0 Å². The number of aryl methyl sites for hydroxylation is 2. The number of pyridine rings is 1. The van der Waals surface area contributed by atoms with Gasteiger partial charge in [-0.1, -0.05) is 0 Å². The summed E-state index contributed by atoms with van der Waals surface area (Å²) in [6, 6.07) is 6.34. The van der Waals surface area contributed by atoms with Crippen LogP contribution in [-0.2, 0) is 12.4 Å². The van der Waals surface area contributed by atoms with E-state index in [2.05, 4.69) is 39.7 Å². The number of imidazole rings is 1. The first-order chi connectivity index (χ1) is 9.17. The van der Waals surface area contributed by atoms with Gasteiger partial charge in [-0.3, -0.25) is 0 Å². The molecule has 0 saturated heterocycles. The van der Waals surface area contributed by atoms with Crippen LogP contribution in [0.4, 0.5) is 0 Å². The molecule has 0 saturated carbocycles. The number of halogens is 1. The van der Waals surface area contributed by atoms with Gasteiger partial charge in [0.25, 0.3) is 0 Å². The van der Waals surface area contributed by atoms with Crippen LogP contribution in [0.3, 0.4) is 0 Å². The molecule has 0 aliphatic carbocycles. The van der Waals surface area contributed by atoms with Gasteiger partial charge >= 0.3 is 0 Å². The summed E-state index contributed by atoms with van der Waals surface area (Å²) in [5.41, 5.74) is 2.95. The zero-order chi connectivity index (χ0) is 13.4. The molecule has 3 aromatic heterocycles. The Balaban J connectivity index is 2.10. The molecule has 98 valence electrons. The molecule has 0 aliphatic heterocycles. The van der Waals surface area contributed by atoms with Crippen molar-refractivity contribution in [1.82, 2.24) is 14.5 Å². The lowest BCUT2D eigenvalue weighted by molar-refractivity contribution is 0.780. The number of thiophene rings is 1. The fourth-order valence-electron chi connectivity index (χ4n) is 2.15. The molecule has 0 fully saturated rings. The SMILES string of the molecule is Cc1cnc2c(c1)nc(CCl)n2Cc1ccc(C)s1. The molecule has 5 heteroatoms. The Morgan fingerprint density at radius 3 is 2.84 bits per heavy atom. The maximum Gasteiger partial charge on any atom is 0.160 e. The molecule has 3 heterocycles. The first-order valence-corrected chi connectivity index (χ1v) is 7.45. The lowest BCUT2D eigenvalue weighted by atomic mass is 10.3. The summed E-state index contributed by atoms with van der Waals surface area (Å²) in [6.45, 7) is 4.92. The second-order valence-electron chi connectivity index (χ2n) is 4.62. The molecule has 3 rings (SSSR count). The molecule has 0 radical (unpaired) electrons. The van der Waals surface area contributed by atoms with E-state index in [9.17, 15) is 0 Å². The van der Waals surface area contributed by atoms with E-state index >= 15 is 0 Å². The van der Waals surface area contributed by atoms with Crippen LogP contribution < -0.4 is 0 Å². The Hall–Kier alpha value is -1.39. The molecule has 0 atom stereocenters. The maximum atomic E-state index is 6.01. The molecule has 0 amide bonds. The molecule has 19 heavy (non-hydrogen) atoms. The van der Waals surface area contributed by atoms with Crippen LogP contribution in [0.25, 0.3) is 11.2 Å². The molecular formula is C14H14ClN3S.